The smallest absolute Gasteiger partial charge is 0.130 e. The van der Waals surface area contributed by atoms with Crippen molar-refractivity contribution >= 4 is 0 Å². The van der Waals surface area contributed by atoms with Gasteiger partial charge in [-0.3, -0.25) is 0 Å². The fourth-order valence-electron chi connectivity index (χ4n) is 2.73. The monoisotopic (exact) mass is 180 g/mol. The van der Waals surface area contributed by atoms with E-state index in [0.717, 1.165) is 13.0 Å². The van der Waals surface area contributed by atoms with Crippen LogP contribution >= 0.6 is 0 Å². The quantitative estimate of drug-likeness (QED) is 0.607. The lowest BCUT2D eigenvalue weighted by atomic mass is 9.91. The molecule has 1 unspecified atom stereocenters. The second-order valence-electron chi connectivity index (χ2n) is 4.84. The zero-order valence-corrected chi connectivity index (χ0v) is 7.92. The molecule has 3 rings (SSSR count). The van der Waals surface area contributed by atoms with Gasteiger partial charge >= 0.3 is 0 Å². The van der Waals surface area contributed by atoms with Gasteiger partial charge in [0.05, 0.1) is 6.26 Å². The number of hydrogen-bond acceptors (Lipinski definition) is 2. The SMILES string of the molecule is C=CO[C@H]1CC12CC1(CCO2)CC1. The minimum Gasteiger partial charge on any atom is -0.496 e. The van der Waals surface area contributed by atoms with Crippen molar-refractivity contribution in [3.05, 3.63) is 12.8 Å². The van der Waals surface area contributed by atoms with Crippen molar-refractivity contribution in [2.24, 2.45) is 5.41 Å². The molecule has 1 saturated heterocycles. The Labute approximate surface area is 78.9 Å². The molecule has 0 aromatic heterocycles. The van der Waals surface area contributed by atoms with E-state index >= 15 is 0 Å². The van der Waals surface area contributed by atoms with Gasteiger partial charge in [-0.05, 0) is 31.1 Å². The number of hydrogen-bond donors (Lipinski definition) is 0. The normalized spacial score (nSPS) is 44.8. The summed E-state index contributed by atoms with van der Waals surface area (Å²) in [7, 11) is 0. The van der Waals surface area contributed by atoms with Crippen LogP contribution in [0.15, 0.2) is 12.8 Å². The van der Waals surface area contributed by atoms with Crippen LogP contribution in [-0.2, 0) is 9.47 Å². The second kappa shape index (κ2) is 2.30. The maximum atomic E-state index is 5.84. The van der Waals surface area contributed by atoms with Crippen LogP contribution in [0.1, 0.15) is 32.1 Å². The molecule has 0 bridgehead atoms. The molecule has 0 amide bonds. The van der Waals surface area contributed by atoms with Gasteiger partial charge in [0.15, 0.2) is 0 Å². The fourth-order valence-corrected chi connectivity index (χ4v) is 2.73. The van der Waals surface area contributed by atoms with Gasteiger partial charge in [0.2, 0.25) is 0 Å². The highest BCUT2D eigenvalue weighted by molar-refractivity contribution is 5.15. The van der Waals surface area contributed by atoms with Gasteiger partial charge in [-0.15, -0.1) is 0 Å². The molecule has 0 N–H and O–H groups in total. The average molecular weight is 180 g/mol. The minimum absolute atomic E-state index is 0.100. The van der Waals surface area contributed by atoms with Crippen LogP contribution in [0, 0.1) is 5.41 Å². The molecule has 72 valence electrons. The molecule has 2 saturated carbocycles. The molecule has 2 atom stereocenters. The van der Waals surface area contributed by atoms with E-state index in [1.54, 1.807) is 6.26 Å². The van der Waals surface area contributed by atoms with Gasteiger partial charge in [-0.1, -0.05) is 6.58 Å². The van der Waals surface area contributed by atoms with Gasteiger partial charge in [0.25, 0.3) is 0 Å². The standard InChI is InChI=1S/C11H16O2/c1-2-12-9-7-11(9)8-10(3-4-10)5-6-13-11/h2,9H,1,3-8H2/t9-,11?/m0/s1. The maximum Gasteiger partial charge on any atom is 0.130 e. The second-order valence-corrected chi connectivity index (χ2v) is 4.84. The Morgan fingerprint density at radius 3 is 2.92 bits per heavy atom. The van der Waals surface area contributed by atoms with Crippen molar-refractivity contribution < 1.29 is 9.47 Å². The summed E-state index contributed by atoms with van der Waals surface area (Å²) >= 11 is 0. The van der Waals surface area contributed by atoms with Crippen LogP contribution in [0.4, 0.5) is 0 Å². The van der Waals surface area contributed by atoms with Crippen LogP contribution in [0.25, 0.3) is 0 Å². The Kier molecular flexibility index (Phi) is 1.39. The van der Waals surface area contributed by atoms with Crippen molar-refractivity contribution in [3.63, 3.8) is 0 Å². The van der Waals surface area contributed by atoms with Crippen LogP contribution in [-0.4, -0.2) is 18.3 Å². The highest BCUT2D eigenvalue weighted by Crippen LogP contribution is 2.63. The first-order valence-corrected chi connectivity index (χ1v) is 5.19. The van der Waals surface area contributed by atoms with Crippen molar-refractivity contribution in [2.75, 3.05) is 6.61 Å². The predicted molar refractivity (Wildman–Crippen MR) is 49.3 cm³/mol. The molecule has 1 heterocycles. The number of ether oxygens (including phenoxy) is 2. The Bertz CT molecular complexity index is 244. The van der Waals surface area contributed by atoms with Gasteiger partial charge in [0.1, 0.15) is 11.7 Å². The van der Waals surface area contributed by atoms with E-state index in [4.69, 9.17) is 9.47 Å². The van der Waals surface area contributed by atoms with Crippen molar-refractivity contribution in [3.8, 4) is 0 Å². The van der Waals surface area contributed by atoms with Crippen molar-refractivity contribution in [1.82, 2.24) is 0 Å². The van der Waals surface area contributed by atoms with E-state index in [1.807, 2.05) is 0 Å². The molecular formula is C11H16O2. The third-order valence-electron chi connectivity index (χ3n) is 3.87. The third kappa shape index (κ3) is 1.12. The lowest BCUT2D eigenvalue weighted by Crippen LogP contribution is -2.31. The van der Waals surface area contributed by atoms with Crippen molar-refractivity contribution in [2.45, 2.75) is 43.8 Å². The minimum atomic E-state index is 0.100. The van der Waals surface area contributed by atoms with Gasteiger partial charge in [-0.2, -0.15) is 0 Å². The molecule has 0 aromatic rings. The molecular weight excluding hydrogens is 164 g/mol. The Morgan fingerprint density at radius 2 is 2.23 bits per heavy atom. The zero-order valence-electron chi connectivity index (χ0n) is 7.92. The van der Waals surface area contributed by atoms with E-state index in [-0.39, 0.29) is 5.60 Å². The summed E-state index contributed by atoms with van der Waals surface area (Å²) in [6.07, 6.45) is 8.28. The molecule has 2 heteroatoms. The summed E-state index contributed by atoms with van der Waals surface area (Å²) in [6.45, 7) is 4.53. The van der Waals surface area contributed by atoms with E-state index in [9.17, 15) is 0 Å². The average Bonchev–Trinajstić information content (AvgIpc) is 2.97. The molecule has 2 aliphatic carbocycles. The largest absolute Gasteiger partial charge is 0.496 e. The van der Waals surface area contributed by atoms with E-state index in [1.165, 1.54) is 25.7 Å². The van der Waals surface area contributed by atoms with Crippen LogP contribution < -0.4 is 0 Å². The van der Waals surface area contributed by atoms with Crippen LogP contribution in [0.5, 0.6) is 0 Å². The lowest BCUT2D eigenvalue weighted by Gasteiger charge is -2.30. The first-order chi connectivity index (χ1) is 6.29. The first kappa shape index (κ1) is 7.86. The molecule has 3 fully saturated rings. The molecule has 0 aromatic carbocycles. The highest BCUT2D eigenvalue weighted by atomic mass is 16.6. The van der Waals surface area contributed by atoms with E-state index < -0.39 is 0 Å². The highest BCUT2D eigenvalue weighted by Gasteiger charge is 2.65. The summed E-state index contributed by atoms with van der Waals surface area (Å²) in [4.78, 5) is 0. The predicted octanol–water partition coefficient (Wildman–Crippen LogP) is 2.25. The summed E-state index contributed by atoms with van der Waals surface area (Å²) < 4.78 is 11.3. The molecule has 3 aliphatic rings. The Morgan fingerprint density at radius 1 is 1.38 bits per heavy atom. The Hall–Kier alpha value is -0.500. The summed E-state index contributed by atoms with van der Waals surface area (Å²) in [6, 6.07) is 0. The van der Waals surface area contributed by atoms with Gasteiger partial charge in [0, 0.05) is 13.0 Å². The summed E-state index contributed by atoms with van der Waals surface area (Å²) in [5, 5.41) is 0. The number of rotatable bonds is 2. The first-order valence-electron chi connectivity index (χ1n) is 5.19. The van der Waals surface area contributed by atoms with E-state index in [2.05, 4.69) is 6.58 Å². The maximum absolute atomic E-state index is 5.84. The molecule has 13 heavy (non-hydrogen) atoms. The van der Waals surface area contributed by atoms with Crippen LogP contribution in [0.2, 0.25) is 0 Å². The zero-order chi connectivity index (χ0) is 8.94. The molecule has 1 aliphatic heterocycles. The molecule has 2 spiro atoms. The molecule has 0 radical (unpaired) electrons. The van der Waals surface area contributed by atoms with E-state index in [0.29, 0.717) is 11.5 Å². The lowest BCUT2D eigenvalue weighted by molar-refractivity contribution is -0.0609. The fraction of sp³-hybridized carbons (Fsp3) is 0.818. The third-order valence-corrected chi connectivity index (χ3v) is 3.87. The summed E-state index contributed by atoms with van der Waals surface area (Å²) in [5.41, 5.74) is 0.764. The Balaban J connectivity index is 1.68. The van der Waals surface area contributed by atoms with Gasteiger partial charge < -0.3 is 9.47 Å². The van der Waals surface area contributed by atoms with Crippen LogP contribution in [0.3, 0.4) is 0 Å². The topological polar surface area (TPSA) is 18.5 Å². The molecule has 2 nitrogen and oxygen atoms in total. The van der Waals surface area contributed by atoms with Gasteiger partial charge in [-0.25, -0.2) is 0 Å². The van der Waals surface area contributed by atoms with Crippen molar-refractivity contribution in [1.29, 1.82) is 0 Å². The summed E-state index contributed by atoms with van der Waals surface area (Å²) in [5.74, 6) is 0.